The molecule has 4 nitrogen and oxygen atoms in total. The number of nitrogens with one attached hydrogen (secondary N) is 1. The van der Waals surface area contributed by atoms with Crippen LogP contribution in [0, 0.1) is 6.92 Å². The number of aryl methyl sites for hydroxylation is 1. The average Bonchev–Trinajstić information content (AvgIpc) is 2.66. The first kappa shape index (κ1) is 10.2. The van der Waals surface area contributed by atoms with Crippen molar-refractivity contribution in [1.29, 1.82) is 0 Å². The van der Waals surface area contributed by atoms with Gasteiger partial charge in [-0.15, -0.1) is 0 Å². The Balaban J connectivity index is 1.68. The van der Waals surface area contributed by atoms with E-state index >= 15 is 0 Å². The Morgan fingerprint density at radius 2 is 2.53 bits per heavy atom. The Bertz CT molecular complexity index is 333. The van der Waals surface area contributed by atoms with E-state index in [1.54, 1.807) is 12.5 Å². The van der Waals surface area contributed by atoms with Gasteiger partial charge in [0.15, 0.2) is 0 Å². The average molecular weight is 208 g/mol. The Morgan fingerprint density at radius 3 is 3.20 bits per heavy atom. The van der Waals surface area contributed by atoms with Crippen LogP contribution in [0.5, 0.6) is 0 Å². The molecule has 0 saturated carbocycles. The summed E-state index contributed by atoms with van der Waals surface area (Å²) in [5.74, 6) is 1.59. The smallest absolute Gasteiger partial charge is 0.208 e. The fraction of sp³-hybridized carbons (Fsp3) is 0.545. The standard InChI is InChI=1S/C11H16N2O2/c1-9-6-13-11(15-9)8-12-7-10-4-2-3-5-14-10/h3,5-6,10,12H,2,4,7-8H2,1H3. The summed E-state index contributed by atoms with van der Waals surface area (Å²) in [7, 11) is 0. The Kier molecular flexibility index (Phi) is 3.40. The SMILES string of the molecule is Cc1cnc(CNCC2CCC=CO2)o1. The third-order valence-corrected chi connectivity index (χ3v) is 2.34. The van der Waals surface area contributed by atoms with Crippen molar-refractivity contribution >= 4 is 0 Å². The molecule has 4 heteroatoms. The zero-order chi connectivity index (χ0) is 10.5. The third kappa shape index (κ3) is 3.09. The van der Waals surface area contributed by atoms with Crippen LogP contribution < -0.4 is 5.32 Å². The molecule has 0 aromatic carbocycles. The van der Waals surface area contributed by atoms with Gasteiger partial charge in [0.1, 0.15) is 11.9 Å². The predicted octanol–water partition coefficient (Wildman–Crippen LogP) is 1.77. The first-order valence-corrected chi connectivity index (χ1v) is 5.27. The third-order valence-electron chi connectivity index (χ3n) is 2.34. The van der Waals surface area contributed by atoms with E-state index in [0.29, 0.717) is 6.54 Å². The van der Waals surface area contributed by atoms with Gasteiger partial charge in [-0.25, -0.2) is 4.98 Å². The predicted molar refractivity (Wildman–Crippen MR) is 56.2 cm³/mol. The monoisotopic (exact) mass is 208 g/mol. The molecule has 1 aliphatic heterocycles. The summed E-state index contributed by atoms with van der Waals surface area (Å²) in [4.78, 5) is 4.11. The Morgan fingerprint density at radius 1 is 1.60 bits per heavy atom. The Labute approximate surface area is 89.3 Å². The maximum atomic E-state index is 5.43. The molecule has 0 amide bonds. The second kappa shape index (κ2) is 4.98. The molecule has 0 radical (unpaired) electrons. The van der Waals surface area contributed by atoms with Gasteiger partial charge in [0.2, 0.25) is 5.89 Å². The second-order valence-electron chi connectivity index (χ2n) is 3.70. The van der Waals surface area contributed by atoms with E-state index in [0.717, 1.165) is 31.0 Å². The van der Waals surface area contributed by atoms with E-state index in [1.807, 2.05) is 13.0 Å². The number of allylic oxidation sites excluding steroid dienone is 1. The molecule has 0 bridgehead atoms. The number of aromatic nitrogens is 1. The number of nitrogens with zero attached hydrogens (tertiary/aromatic N) is 1. The van der Waals surface area contributed by atoms with Crippen LogP contribution >= 0.6 is 0 Å². The van der Waals surface area contributed by atoms with Crippen molar-refractivity contribution in [3.63, 3.8) is 0 Å². The minimum atomic E-state index is 0.283. The highest BCUT2D eigenvalue weighted by Crippen LogP contribution is 2.09. The molecule has 2 heterocycles. The van der Waals surface area contributed by atoms with Gasteiger partial charge in [-0.3, -0.25) is 0 Å². The van der Waals surface area contributed by atoms with Gasteiger partial charge in [-0.05, 0) is 25.8 Å². The van der Waals surface area contributed by atoms with E-state index in [4.69, 9.17) is 9.15 Å². The lowest BCUT2D eigenvalue weighted by atomic mass is 10.1. The molecular formula is C11H16N2O2. The van der Waals surface area contributed by atoms with Crippen molar-refractivity contribution < 1.29 is 9.15 Å². The van der Waals surface area contributed by atoms with Gasteiger partial charge < -0.3 is 14.5 Å². The van der Waals surface area contributed by atoms with Gasteiger partial charge in [0.25, 0.3) is 0 Å². The number of hydrogen-bond acceptors (Lipinski definition) is 4. The van der Waals surface area contributed by atoms with E-state index in [9.17, 15) is 0 Å². The molecule has 82 valence electrons. The van der Waals surface area contributed by atoms with Crippen molar-refractivity contribution in [2.45, 2.75) is 32.4 Å². The van der Waals surface area contributed by atoms with Crippen molar-refractivity contribution in [2.75, 3.05) is 6.54 Å². The summed E-state index contributed by atoms with van der Waals surface area (Å²) >= 11 is 0. The van der Waals surface area contributed by atoms with Gasteiger partial charge >= 0.3 is 0 Å². The van der Waals surface area contributed by atoms with Crippen molar-refractivity contribution in [3.8, 4) is 0 Å². The summed E-state index contributed by atoms with van der Waals surface area (Å²) < 4.78 is 10.8. The molecule has 1 unspecified atom stereocenters. The molecule has 0 spiro atoms. The van der Waals surface area contributed by atoms with Crippen LogP contribution in [0.4, 0.5) is 0 Å². The van der Waals surface area contributed by atoms with Crippen LogP contribution in [0.2, 0.25) is 0 Å². The lowest BCUT2D eigenvalue weighted by Gasteiger charge is -2.19. The number of ether oxygens (including phenoxy) is 1. The minimum Gasteiger partial charge on any atom is -0.497 e. The van der Waals surface area contributed by atoms with Crippen LogP contribution in [0.15, 0.2) is 23.0 Å². The molecule has 1 aliphatic rings. The van der Waals surface area contributed by atoms with Crippen LogP contribution in [-0.2, 0) is 11.3 Å². The summed E-state index contributed by atoms with van der Waals surface area (Å²) in [6.45, 7) is 3.40. The largest absolute Gasteiger partial charge is 0.497 e. The first-order valence-electron chi connectivity index (χ1n) is 5.27. The molecule has 0 fully saturated rings. The van der Waals surface area contributed by atoms with E-state index in [1.165, 1.54) is 0 Å². The van der Waals surface area contributed by atoms with Crippen molar-refractivity contribution in [3.05, 3.63) is 30.2 Å². The van der Waals surface area contributed by atoms with Crippen LogP contribution in [0.3, 0.4) is 0 Å². The lowest BCUT2D eigenvalue weighted by Crippen LogP contribution is -2.28. The Hall–Kier alpha value is -1.29. The summed E-state index contributed by atoms with van der Waals surface area (Å²) in [5.41, 5.74) is 0. The molecular weight excluding hydrogens is 192 g/mol. The topological polar surface area (TPSA) is 47.3 Å². The van der Waals surface area contributed by atoms with E-state index in [2.05, 4.69) is 10.3 Å². The molecule has 15 heavy (non-hydrogen) atoms. The van der Waals surface area contributed by atoms with Gasteiger partial charge in [-0.2, -0.15) is 0 Å². The highest BCUT2D eigenvalue weighted by molar-refractivity contribution is 4.90. The van der Waals surface area contributed by atoms with Gasteiger partial charge in [0, 0.05) is 6.54 Å². The molecule has 1 N–H and O–H groups in total. The maximum Gasteiger partial charge on any atom is 0.208 e. The molecule has 0 aliphatic carbocycles. The molecule has 1 atom stereocenters. The summed E-state index contributed by atoms with van der Waals surface area (Å²) in [6, 6.07) is 0. The van der Waals surface area contributed by atoms with Crippen molar-refractivity contribution in [2.24, 2.45) is 0 Å². The summed E-state index contributed by atoms with van der Waals surface area (Å²) in [6.07, 6.45) is 8.03. The quantitative estimate of drug-likeness (QED) is 0.819. The van der Waals surface area contributed by atoms with Crippen LogP contribution in [0.25, 0.3) is 0 Å². The number of rotatable bonds is 4. The van der Waals surface area contributed by atoms with E-state index in [-0.39, 0.29) is 6.10 Å². The molecule has 1 aromatic rings. The summed E-state index contributed by atoms with van der Waals surface area (Å²) in [5, 5.41) is 3.27. The molecule has 0 saturated heterocycles. The van der Waals surface area contributed by atoms with Crippen LogP contribution in [-0.4, -0.2) is 17.6 Å². The normalized spacial score (nSPS) is 20.2. The minimum absolute atomic E-state index is 0.283. The zero-order valence-electron chi connectivity index (χ0n) is 8.90. The lowest BCUT2D eigenvalue weighted by molar-refractivity contribution is 0.121. The molecule has 1 aromatic heterocycles. The second-order valence-corrected chi connectivity index (χ2v) is 3.70. The fourth-order valence-corrected chi connectivity index (χ4v) is 1.56. The highest BCUT2D eigenvalue weighted by Gasteiger charge is 2.10. The van der Waals surface area contributed by atoms with Crippen LogP contribution in [0.1, 0.15) is 24.5 Å². The van der Waals surface area contributed by atoms with Gasteiger partial charge in [-0.1, -0.05) is 0 Å². The number of hydrogen-bond donors (Lipinski definition) is 1. The maximum absolute atomic E-state index is 5.43. The fourth-order valence-electron chi connectivity index (χ4n) is 1.56. The van der Waals surface area contributed by atoms with E-state index < -0.39 is 0 Å². The highest BCUT2D eigenvalue weighted by atomic mass is 16.5. The first-order chi connectivity index (χ1) is 7.34. The van der Waals surface area contributed by atoms with Crippen molar-refractivity contribution in [1.82, 2.24) is 10.3 Å². The zero-order valence-corrected chi connectivity index (χ0v) is 8.90. The number of oxazole rings is 1. The van der Waals surface area contributed by atoms with Gasteiger partial charge in [0.05, 0.1) is 19.0 Å². The molecule has 2 rings (SSSR count).